The molecule has 0 saturated carbocycles. The minimum Gasteiger partial charge on any atom is -0.384 e. The second kappa shape index (κ2) is 6.66. The summed E-state index contributed by atoms with van der Waals surface area (Å²) in [7, 11) is 1.70. The molecular weight excluding hydrogens is 306 g/mol. The molecule has 0 spiro atoms. The van der Waals surface area contributed by atoms with E-state index in [0.29, 0.717) is 6.61 Å². The van der Waals surface area contributed by atoms with Gasteiger partial charge in [-0.2, -0.15) is 0 Å². The lowest BCUT2D eigenvalue weighted by Crippen LogP contribution is -2.20. The number of rotatable bonds is 5. The Labute approximate surface area is 124 Å². The summed E-state index contributed by atoms with van der Waals surface area (Å²) >= 11 is 3.62. The molecule has 0 aliphatic rings. The minimum absolute atomic E-state index is 0.0342. The average Bonchev–Trinajstić information content (AvgIpc) is 2.30. The topological polar surface area (TPSA) is 47.0 Å². The zero-order valence-corrected chi connectivity index (χ0v) is 14.3. The van der Waals surface area contributed by atoms with Crippen LogP contribution in [0.5, 0.6) is 0 Å². The van der Waals surface area contributed by atoms with Crippen molar-refractivity contribution in [1.82, 2.24) is 9.97 Å². The van der Waals surface area contributed by atoms with Crippen LogP contribution < -0.4 is 5.32 Å². The minimum atomic E-state index is -0.0342. The van der Waals surface area contributed by atoms with Crippen LogP contribution in [0.2, 0.25) is 0 Å². The van der Waals surface area contributed by atoms with Gasteiger partial charge in [-0.15, -0.1) is 0 Å². The van der Waals surface area contributed by atoms with Gasteiger partial charge in [0.2, 0.25) is 0 Å². The summed E-state index contributed by atoms with van der Waals surface area (Å²) in [6, 6.07) is 0. The molecule has 0 aliphatic carbocycles. The second-order valence-corrected chi connectivity index (χ2v) is 6.52. The van der Waals surface area contributed by atoms with Gasteiger partial charge >= 0.3 is 0 Å². The number of methoxy groups -OCH3 is 1. The van der Waals surface area contributed by atoms with E-state index in [9.17, 15) is 0 Å². The van der Waals surface area contributed by atoms with E-state index in [-0.39, 0.29) is 11.3 Å². The molecule has 4 nitrogen and oxygen atoms in total. The van der Waals surface area contributed by atoms with E-state index < -0.39 is 0 Å². The third-order valence-corrected chi connectivity index (χ3v) is 3.53. The fraction of sp³-hybridized carbons (Fsp3) is 0.714. The Morgan fingerprint density at radius 2 is 1.95 bits per heavy atom. The van der Waals surface area contributed by atoms with E-state index in [0.717, 1.165) is 28.4 Å². The van der Waals surface area contributed by atoms with Crippen molar-refractivity contribution >= 4 is 21.7 Å². The van der Waals surface area contributed by atoms with E-state index in [1.54, 1.807) is 7.11 Å². The van der Waals surface area contributed by atoms with Crippen molar-refractivity contribution in [1.29, 1.82) is 0 Å². The summed E-state index contributed by atoms with van der Waals surface area (Å²) in [6.45, 7) is 12.0. The number of nitrogens with one attached hydrogen (secondary N) is 1. The number of nitrogens with zero attached hydrogens (tertiary/aromatic N) is 2. The Morgan fingerprint density at radius 1 is 1.32 bits per heavy atom. The van der Waals surface area contributed by atoms with Crippen molar-refractivity contribution in [3.05, 3.63) is 16.0 Å². The zero-order valence-electron chi connectivity index (χ0n) is 12.7. The first-order chi connectivity index (χ1) is 8.81. The normalized spacial score (nSPS) is 13.4. The maximum Gasteiger partial charge on any atom is 0.144 e. The lowest BCUT2D eigenvalue weighted by atomic mass is 9.91. The van der Waals surface area contributed by atoms with E-state index >= 15 is 0 Å². The first kappa shape index (κ1) is 16.4. The van der Waals surface area contributed by atoms with E-state index in [1.807, 2.05) is 0 Å². The van der Waals surface area contributed by atoms with Gasteiger partial charge in [0.1, 0.15) is 11.6 Å². The number of ether oxygens (including phenoxy) is 1. The van der Waals surface area contributed by atoms with Crippen LogP contribution in [0.1, 0.15) is 52.1 Å². The van der Waals surface area contributed by atoms with E-state index in [1.165, 1.54) is 0 Å². The predicted octanol–water partition coefficient (Wildman–Crippen LogP) is 3.72. The molecule has 0 amide bonds. The van der Waals surface area contributed by atoms with Crippen molar-refractivity contribution in [2.75, 3.05) is 25.6 Å². The first-order valence-electron chi connectivity index (χ1n) is 6.62. The molecule has 1 unspecified atom stereocenters. The summed E-state index contributed by atoms with van der Waals surface area (Å²) in [5.74, 6) is 1.86. The molecule has 1 aromatic rings. The van der Waals surface area contributed by atoms with Gasteiger partial charge in [-0.25, -0.2) is 9.97 Å². The highest BCUT2D eigenvalue weighted by molar-refractivity contribution is 9.10. The van der Waals surface area contributed by atoms with Gasteiger partial charge in [-0.1, -0.05) is 27.7 Å². The molecule has 0 radical (unpaired) electrons. The van der Waals surface area contributed by atoms with Gasteiger partial charge in [-0.05, 0) is 22.9 Å². The highest BCUT2D eigenvalue weighted by atomic mass is 79.9. The molecule has 1 rings (SSSR count). The Balaban J connectivity index is 3.31. The quantitative estimate of drug-likeness (QED) is 0.894. The molecule has 0 saturated heterocycles. The second-order valence-electron chi connectivity index (χ2n) is 5.73. The monoisotopic (exact) mass is 329 g/mol. The highest BCUT2D eigenvalue weighted by Crippen LogP contribution is 2.33. The molecule has 1 aromatic heterocycles. The Hall–Kier alpha value is -0.680. The Bertz CT molecular complexity index is 429. The Kier molecular flexibility index (Phi) is 5.74. The maximum absolute atomic E-state index is 5.20. The van der Waals surface area contributed by atoms with Crippen LogP contribution in [0.25, 0.3) is 0 Å². The van der Waals surface area contributed by atoms with Crippen molar-refractivity contribution < 1.29 is 4.74 Å². The van der Waals surface area contributed by atoms with Gasteiger partial charge in [0.25, 0.3) is 0 Å². The lowest BCUT2D eigenvalue weighted by Gasteiger charge is -2.23. The van der Waals surface area contributed by atoms with E-state index in [4.69, 9.17) is 9.72 Å². The van der Waals surface area contributed by atoms with Gasteiger partial charge in [-0.3, -0.25) is 0 Å². The van der Waals surface area contributed by atoms with Crippen LogP contribution in [0.15, 0.2) is 4.47 Å². The van der Waals surface area contributed by atoms with Crippen LogP contribution in [0.3, 0.4) is 0 Å². The predicted molar refractivity (Wildman–Crippen MR) is 82.9 cm³/mol. The number of hydrogen-bond acceptors (Lipinski definition) is 4. The van der Waals surface area contributed by atoms with Crippen molar-refractivity contribution in [2.45, 2.75) is 46.0 Å². The fourth-order valence-electron chi connectivity index (χ4n) is 1.79. The average molecular weight is 330 g/mol. The first-order valence-corrected chi connectivity index (χ1v) is 7.41. The molecule has 19 heavy (non-hydrogen) atoms. The summed E-state index contributed by atoms with van der Waals surface area (Å²) in [5.41, 5.74) is 0.990. The molecule has 1 heterocycles. The highest BCUT2D eigenvalue weighted by Gasteiger charge is 2.24. The van der Waals surface area contributed by atoms with Gasteiger partial charge in [0.15, 0.2) is 0 Å². The molecule has 1 atom stereocenters. The molecule has 108 valence electrons. The molecule has 0 aliphatic heterocycles. The molecule has 0 aromatic carbocycles. The SMILES string of the molecule is CCNc1nc(C(C)COC)nc(C(C)(C)C)c1Br. The standard InChI is InChI=1S/C14H24BrN3O/c1-7-16-13-10(15)11(14(3,4)5)17-12(18-13)9(2)8-19-6/h9H,7-8H2,1-6H3,(H,16,17,18). The Morgan fingerprint density at radius 3 is 2.42 bits per heavy atom. The third-order valence-electron chi connectivity index (χ3n) is 2.78. The van der Waals surface area contributed by atoms with Crippen molar-refractivity contribution in [3.63, 3.8) is 0 Å². The number of halogens is 1. The number of aromatic nitrogens is 2. The van der Waals surface area contributed by atoms with Crippen LogP contribution in [0.4, 0.5) is 5.82 Å². The van der Waals surface area contributed by atoms with Gasteiger partial charge < -0.3 is 10.1 Å². The summed E-state index contributed by atoms with van der Waals surface area (Å²) in [4.78, 5) is 9.33. The van der Waals surface area contributed by atoms with Crippen molar-refractivity contribution in [2.24, 2.45) is 0 Å². The summed E-state index contributed by atoms with van der Waals surface area (Å²) < 4.78 is 6.16. The van der Waals surface area contributed by atoms with Gasteiger partial charge in [0, 0.05) is 25.0 Å². The molecule has 0 fully saturated rings. The van der Waals surface area contributed by atoms with Crippen LogP contribution in [-0.2, 0) is 10.2 Å². The molecule has 1 N–H and O–H groups in total. The summed E-state index contributed by atoms with van der Waals surface area (Å²) in [6.07, 6.45) is 0. The van der Waals surface area contributed by atoms with Crippen molar-refractivity contribution in [3.8, 4) is 0 Å². The fourth-order valence-corrected chi connectivity index (χ4v) is 2.70. The number of hydrogen-bond donors (Lipinski definition) is 1. The molecule has 5 heteroatoms. The largest absolute Gasteiger partial charge is 0.384 e. The molecular formula is C14H24BrN3O. The van der Waals surface area contributed by atoms with Gasteiger partial charge in [0.05, 0.1) is 16.8 Å². The number of anilines is 1. The molecule has 0 bridgehead atoms. The summed E-state index contributed by atoms with van der Waals surface area (Å²) in [5, 5.41) is 3.29. The smallest absolute Gasteiger partial charge is 0.144 e. The van der Waals surface area contributed by atoms with Crippen LogP contribution in [-0.4, -0.2) is 30.2 Å². The third kappa shape index (κ3) is 4.14. The maximum atomic E-state index is 5.20. The van der Waals surface area contributed by atoms with Crippen LogP contribution >= 0.6 is 15.9 Å². The van der Waals surface area contributed by atoms with Crippen LogP contribution in [0, 0.1) is 0 Å². The lowest BCUT2D eigenvalue weighted by molar-refractivity contribution is 0.181. The zero-order chi connectivity index (χ0) is 14.6. The van der Waals surface area contributed by atoms with E-state index in [2.05, 4.69) is 60.8 Å².